The highest BCUT2D eigenvalue weighted by molar-refractivity contribution is 6.02. The van der Waals surface area contributed by atoms with Crippen molar-refractivity contribution in [1.29, 1.82) is 0 Å². The quantitative estimate of drug-likeness (QED) is 0.819. The van der Waals surface area contributed by atoms with Crippen molar-refractivity contribution < 1.29 is 9.90 Å². The topological polar surface area (TPSA) is 40.5 Å². The van der Waals surface area contributed by atoms with E-state index in [2.05, 4.69) is 0 Å². The molecule has 3 nitrogen and oxygen atoms in total. The van der Waals surface area contributed by atoms with Crippen LogP contribution in [0.15, 0.2) is 30.3 Å². The standard InChI is InChI=1S/C13H17NO2.ClH/c1-14-9-5-8-13(16,10-14)12(15)11-6-3-2-4-7-11;/h2-4,6-7,16H,5,8-10H2,1H3;1H. The molecule has 0 radical (unpaired) electrons. The Kier molecular flexibility index (Phi) is 4.69. The Balaban J connectivity index is 0.00000144. The lowest BCUT2D eigenvalue weighted by molar-refractivity contribution is -0.00751. The fourth-order valence-corrected chi connectivity index (χ4v) is 2.29. The molecule has 1 aromatic carbocycles. The van der Waals surface area contributed by atoms with E-state index in [1.54, 1.807) is 12.1 Å². The van der Waals surface area contributed by atoms with E-state index >= 15 is 0 Å². The van der Waals surface area contributed by atoms with Crippen molar-refractivity contribution in [3.05, 3.63) is 35.9 Å². The van der Waals surface area contributed by atoms with Gasteiger partial charge in [-0.2, -0.15) is 0 Å². The van der Waals surface area contributed by atoms with Crippen LogP contribution in [0, 0.1) is 0 Å². The first kappa shape index (κ1) is 14.2. The van der Waals surface area contributed by atoms with E-state index in [0.717, 1.165) is 13.0 Å². The summed E-state index contributed by atoms with van der Waals surface area (Å²) in [5.41, 5.74) is -0.603. The number of carbonyl (C=O) groups is 1. The van der Waals surface area contributed by atoms with Crippen molar-refractivity contribution in [2.45, 2.75) is 18.4 Å². The highest BCUT2D eigenvalue weighted by atomic mass is 35.5. The fourth-order valence-electron chi connectivity index (χ4n) is 2.29. The van der Waals surface area contributed by atoms with E-state index in [4.69, 9.17) is 0 Å². The fraction of sp³-hybridized carbons (Fsp3) is 0.462. The summed E-state index contributed by atoms with van der Waals surface area (Å²) in [6.07, 6.45) is 1.43. The number of hydrogen-bond acceptors (Lipinski definition) is 3. The average Bonchev–Trinajstić information content (AvgIpc) is 2.29. The number of ketones is 1. The molecule has 0 spiro atoms. The zero-order valence-electron chi connectivity index (χ0n) is 9.93. The largest absolute Gasteiger partial charge is 0.380 e. The second-order valence-electron chi connectivity index (χ2n) is 4.57. The van der Waals surface area contributed by atoms with Crippen LogP contribution in [-0.2, 0) is 0 Å². The number of hydrogen-bond donors (Lipinski definition) is 1. The molecule has 1 heterocycles. The Labute approximate surface area is 108 Å². The Bertz CT molecular complexity index is 382. The van der Waals surface area contributed by atoms with E-state index in [9.17, 15) is 9.90 Å². The van der Waals surface area contributed by atoms with E-state index in [-0.39, 0.29) is 18.2 Å². The summed E-state index contributed by atoms with van der Waals surface area (Å²) in [6, 6.07) is 9.03. The van der Waals surface area contributed by atoms with E-state index < -0.39 is 5.60 Å². The van der Waals surface area contributed by atoms with Crippen LogP contribution >= 0.6 is 12.4 Å². The summed E-state index contributed by atoms with van der Waals surface area (Å²) in [5, 5.41) is 10.4. The molecule has 0 bridgehead atoms. The maximum absolute atomic E-state index is 12.2. The highest BCUT2D eigenvalue weighted by Gasteiger charge is 2.39. The number of nitrogens with zero attached hydrogens (tertiary/aromatic N) is 1. The molecular weight excluding hydrogens is 238 g/mol. The molecule has 94 valence electrons. The first-order chi connectivity index (χ1) is 7.62. The predicted octanol–water partition coefficient (Wildman–Crippen LogP) is 1.75. The third-order valence-corrected chi connectivity index (χ3v) is 3.12. The number of carbonyl (C=O) groups excluding carboxylic acids is 1. The van der Waals surface area contributed by atoms with Crippen LogP contribution in [0.25, 0.3) is 0 Å². The Morgan fingerprint density at radius 2 is 2.00 bits per heavy atom. The number of benzene rings is 1. The molecule has 1 aliphatic heterocycles. The number of piperidine rings is 1. The molecule has 1 unspecified atom stereocenters. The zero-order valence-corrected chi connectivity index (χ0v) is 10.7. The molecule has 1 atom stereocenters. The molecule has 0 saturated carbocycles. The van der Waals surface area contributed by atoms with Gasteiger partial charge in [-0.15, -0.1) is 12.4 Å². The van der Waals surface area contributed by atoms with Crippen molar-refractivity contribution in [3.8, 4) is 0 Å². The number of likely N-dealkylation sites (tertiary alicyclic amines) is 1. The third-order valence-electron chi connectivity index (χ3n) is 3.12. The Morgan fingerprint density at radius 1 is 1.35 bits per heavy atom. The van der Waals surface area contributed by atoms with Gasteiger partial charge in [-0.1, -0.05) is 30.3 Å². The average molecular weight is 256 g/mol. The first-order valence-electron chi connectivity index (χ1n) is 5.63. The monoisotopic (exact) mass is 255 g/mol. The van der Waals surface area contributed by atoms with Crippen LogP contribution in [-0.4, -0.2) is 41.5 Å². The van der Waals surface area contributed by atoms with Crippen molar-refractivity contribution in [2.75, 3.05) is 20.1 Å². The van der Waals surface area contributed by atoms with E-state index in [1.165, 1.54) is 0 Å². The number of aliphatic hydroxyl groups is 1. The molecule has 1 aromatic rings. The summed E-state index contributed by atoms with van der Waals surface area (Å²) in [4.78, 5) is 14.2. The number of Topliss-reactive ketones (excluding diaryl/α,β-unsaturated/α-hetero) is 1. The number of rotatable bonds is 2. The number of likely N-dealkylation sites (N-methyl/N-ethyl adjacent to an activating group) is 1. The second kappa shape index (κ2) is 5.63. The molecule has 1 aliphatic rings. The van der Waals surface area contributed by atoms with Crippen LogP contribution in [0.4, 0.5) is 0 Å². The van der Waals surface area contributed by atoms with Gasteiger partial charge in [0.2, 0.25) is 0 Å². The lowest BCUT2D eigenvalue weighted by Crippen LogP contribution is -2.51. The van der Waals surface area contributed by atoms with Crippen molar-refractivity contribution in [3.63, 3.8) is 0 Å². The smallest absolute Gasteiger partial charge is 0.195 e. The van der Waals surface area contributed by atoms with Gasteiger partial charge in [-0.25, -0.2) is 0 Å². The van der Waals surface area contributed by atoms with Crippen molar-refractivity contribution in [2.24, 2.45) is 0 Å². The first-order valence-corrected chi connectivity index (χ1v) is 5.63. The lowest BCUT2D eigenvalue weighted by atomic mass is 9.85. The SMILES string of the molecule is CN1CCCC(O)(C(=O)c2ccccc2)C1.Cl. The molecular formula is C13H18ClNO2. The highest BCUT2D eigenvalue weighted by Crippen LogP contribution is 2.24. The molecule has 0 aliphatic carbocycles. The summed E-state index contributed by atoms with van der Waals surface area (Å²) in [7, 11) is 1.93. The van der Waals surface area contributed by atoms with Crippen molar-refractivity contribution in [1.82, 2.24) is 4.90 Å². The molecule has 4 heteroatoms. The van der Waals surface area contributed by atoms with Crippen LogP contribution in [0.2, 0.25) is 0 Å². The molecule has 1 N–H and O–H groups in total. The van der Waals surface area contributed by atoms with E-state index in [0.29, 0.717) is 18.5 Å². The van der Waals surface area contributed by atoms with Crippen LogP contribution in [0.5, 0.6) is 0 Å². The zero-order chi connectivity index (χ0) is 11.6. The molecule has 0 aromatic heterocycles. The van der Waals surface area contributed by atoms with E-state index in [1.807, 2.05) is 30.1 Å². The normalized spacial score (nSPS) is 25.1. The molecule has 1 saturated heterocycles. The van der Waals surface area contributed by atoms with Gasteiger partial charge in [0, 0.05) is 12.1 Å². The van der Waals surface area contributed by atoms with Gasteiger partial charge < -0.3 is 10.0 Å². The van der Waals surface area contributed by atoms with Gasteiger partial charge in [0.25, 0.3) is 0 Å². The van der Waals surface area contributed by atoms with Gasteiger partial charge in [0.05, 0.1) is 0 Å². The molecule has 1 fully saturated rings. The van der Waals surface area contributed by atoms with Crippen molar-refractivity contribution >= 4 is 18.2 Å². The van der Waals surface area contributed by atoms with Gasteiger partial charge in [0.15, 0.2) is 5.78 Å². The summed E-state index contributed by atoms with van der Waals surface area (Å²) < 4.78 is 0. The number of β-amino-alcohol motifs (C(OH)–C–C–N with tert-alkyl or cyclic N) is 1. The minimum atomic E-state index is -1.20. The van der Waals surface area contributed by atoms with Crippen LogP contribution in [0.1, 0.15) is 23.2 Å². The molecule has 0 amide bonds. The van der Waals surface area contributed by atoms with Gasteiger partial charge in [-0.05, 0) is 26.4 Å². The Morgan fingerprint density at radius 3 is 2.59 bits per heavy atom. The second-order valence-corrected chi connectivity index (χ2v) is 4.57. The summed E-state index contributed by atoms with van der Waals surface area (Å²) >= 11 is 0. The summed E-state index contributed by atoms with van der Waals surface area (Å²) in [5.74, 6) is -0.153. The molecule has 17 heavy (non-hydrogen) atoms. The maximum atomic E-state index is 12.2. The lowest BCUT2D eigenvalue weighted by Gasteiger charge is -2.36. The number of halogens is 1. The maximum Gasteiger partial charge on any atom is 0.195 e. The predicted molar refractivity (Wildman–Crippen MR) is 69.7 cm³/mol. The minimum absolute atomic E-state index is 0. The van der Waals surface area contributed by atoms with Gasteiger partial charge in [-0.3, -0.25) is 4.79 Å². The van der Waals surface area contributed by atoms with Gasteiger partial charge >= 0.3 is 0 Å². The van der Waals surface area contributed by atoms with Crippen LogP contribution < -0.4 is 0 Å². The van der Waals surface area contributed by atoms with Crippen LogP contribution in [0.3, 0.4) is 0 Å². The molecule has 2 rings (SSSR count). The van der Waals surface area contributed by atoms with Gasteiger partial charge in [0.1, 0.15) is 5.60 Å². The summed E-state index contributed by atoms with van der Waals surface area (Å²) in [6.45, 7) is 1.38. The minimum Gasteiger partial charge on any atom is -0.380 e. The third kappa shape index (κ3) is 3.06. The Hall–Kier alpha value is -0.900.